The van der Waals surface area contributed by atoms with Crippen LogP contribution in [0.1, 0.15) is 12.0 Å². The lowest BCUT2D eigenvalue weighted by Crippen LogP contribution is -2.28. The number of hydrogen-bond donors (Lipinski definition) is 1. The largest absolute Gasteiger partial charge is 0.497 e. The second-order valence-electron chi connectivity index (χ2n) is 6.09. The van der Waals surface area contributed by atoms with Crippen LogP contribution in [0, 0.1) is 17.2 Å². The molecule has 1 N–H and O–H groups in total. The first kappa shape index (κ1) is 18.3. The fraction of sp³-hybridized carbons (Fsp3) is 0.250. The van der Waals surface area contributed by atoms with Crippen LogP contribution in [0.15, 0.2) is 42.5 Å². The highest BCUT2D eigenvalue weighted by atomic mass is 16.5. The van der Waals surface area contributed by atoms with Gasteiger partial charge in [0.15, 0.2) is 0 Å². The van der Waals surface area contributed by atoms with E-state index in [9.17, 15) is 9.59 Å². The van der Waals surface area contributed by atoms with Crippen LogP contribution in [0.25, 0.3) is 0 Å². The van der Waals surface area contributed by atoms with Crippen LogP contribution in [-0.4, -0.2) is 32.6 Å². The predicted octanol–water partition coefficient (Wildman–Crippen LogP) is 2.57. The fourth-order valence-electron chi connectivity index (χ4n) is 3.05. The lowest BCUT2D eigenvalue weighted by atomic mass is 10.1. The highest BCUT2D eigenvalue weighted by Crippen LogP contribution is 2.36. The second-order valence-corrected chi connectivity index (χ2v) is 6.09. The predicted molar refractivity (Wildman–Crippen MR) is 99.8 cm³/mol. The number of carbonyl (C=O) groups is 2. The summed E-state index contributed by atoms with van der Waals surface area (Å²) in [7, 11) is 3.07. The number of hydrogen-bond acceptors (Lipinski definition) is 5. The summed E-state index contributed by atoms with van der Waals surface area (Å²) < 4.78 is 10.5. The van der Waals surface area contributed by atoms with Gasteiger partial charge in [0.05, 0.1) is 37.1 Å². The highest BCUT2D eigenvalue weighted by Gasteiger charge is 2.36. The molecule has 1 saturated heterocycles. The van der Waals surface area contributed by atoms with Crippen LogP contribution >= 0.6 is 0 Å². The molecule has 138 valence electrons. The van der Waals surface area contributed by atoms with E-state index in [1.807, 2.05) is 6.07 Å². The summed E-state index contributed by atoms with van der Waals surface area (Å²) in [6.07, 6.45) is 0.0930. The fourth-order valence-corrected chi connectivity index (χ4v) is 3.05. The summed E-state index contributed by atoms with van der Waals surface area (Å²) in [6, 6.07) is 14.0. The molecule has 0 bridgehead atoms. The van der Waals surface area contributed by atoms with Gasteiger partial charge in [-0.25, -0.2) is 0 Å². The number of nitriles is 1. The molecular weight excluding hydrogens is 346 g/mol. The molecule has 1 atom stereocenters. The summed E-state index contributed by atoms with van der Waals surface area (Å²) in [6.45, 7) is 0.238. The number of nitrogens with one attached hydrogen (secondary N) is 1. The Morgan fingerprint density at radius 2 is 2.00 bits per heavy atom. The molecule has 0 aromatic heterocycles. The molecule has 3 rings (SSSR count). The van der Waals surface area contributed by atoms with Gasteiger partial charge in [0.1, 0.15) is 17.6 Å². The van der Waals surface area contributed by atoms with Gasteiger partial charge in [0.25, 0.3) is 0 Å². The Morgan fingerprint density at radius 1 is 1.22 bits per heavy atom. The summed E-state index contributed by atoms with van der Waals surface area (Å²) in [5, 5.41) is 11.9. The van der Waals surface area contributed by atoms with E-state index in [0.717, 1.165) is 0 Å². The van der Waals surface area contributed by atoms with Gasteiger partial charge in [-0.3, -0.25) is 9.59 Å². The van der Waals surface area contributed by atoms with Crippen LogP contribution < -0.4 is 19.7 Å². The second kappa shape index (κ2) is 7.79. The van der Waals surface area contributed by atoms with Crippen molar-refractivity contribution in [1.29, 1.82) is 5.26 Å². The monoisotopic (exact) mass is 365 g/mol. The molecule has 7 nitrogen and oxygen atoms in total. The Balaban J connectivity index is 1.77. The summed E-state index contributed by atoms with van der Waals surface area (Å²) >= 11 is 0. The van der Waals surface area contributed by atoms with E-state index in [-0.39, 0.29) is 24.8 Å². The van der Waals surface area contributed by atoms with Gasteiger partial charge in [-0.1, -0.05) is 12.1 Å². The van der Waals surface area contributed by atoms with E-state index < -0.39 is 5.92 Å². The molecule has 2 aromatic rings. The number of para-hydroxylation sites is 1. The first-order valence-electron chi connectivity index (χ1n) is 8.39. The van der Waals surface area contributed by atoms with Crippen LogP contribution in [-0.2, 0) is 9.59 Å². The maximum absolute atomic E-state index is 12.6. The van der Waals surface area contributed by atoms with Gasteiger partial charge in [-0.15, -0.1) is 0 Å². The van der Waals surface area contributed by atoms with Crippen molar-refractivity contribution in [3.05, 3.63) is 48.0 Å². The number of amides is 2. The van der Waals surface area contributed by atoms with E-state index in [1.165, 1.54) is 7.11 Å². The zero-order valence-corrected chi connectivity index (χ0v) is 15.1. The van der Waals surface area contributed by atoms with E-state index in [0.29, 0.717) is 28.4 Å². The number of nitrogens with zero attached hydrogens (tertiary/aromatic N) is 2. The number of carbonyl (C=O) groups excluding carboxylic acids is 2. The standard InChI is InChI=1S/C20H19N3O4/c1-26-15-7-8-17(18(10-15)27-2)23-12-14(9-19(23)24)20(25)22-16-6-4-3-5-13(16)11-21/h3-8,10,14H,9,12H2,1-2H3,(H,22,25). The van der Waals surface area contributed by atoms with E-state index in [1.54, 1.807) is 54.5 Å². The summed E-state index contributed by atoms with van der Waals surface area (Å²) in [5.74, 6) is 0.146. The molecule has 2 aromatic carbocycles. The van der Waals surface area contributed by atoms with Gasteiger partial charge in [0.2, 0.25) is 11.8 Å². The zero-order chi connectivity index (χ0) is 19.4. The van der Waals surface area contributed by atoms with Gasteiger partial charge in [0, 0.05) is 19.0 Å². The topological polar surface area (TPSA) is 91.7 Å². The molecule has 1 aliphatic heterocycles. The molecule has 1 aliphatic rings. The van der Waals surface area contributed by atoms with Crippen molar-refractivity contribution in [2.45, 2.75) is 6.42 Å². The number of benzene rings is 2. The van der Waals surface area contributed by atoms with Crippen LogP contribution in [0.2, 0.25) is 0 Å². The zero-order valence-electron chi connectivity index (χ0n) is 15.1. The summed E-state index contributed by atoms with van der Waals surface area (Å²) in [5.41, 5.74) is 1.41. The number of rotatable bonds is 5. The first-order chi connectivity index (χ1) is 13.1. The molecule has 0 spiro atoms. The third-order valence-corrected chi connectivity index (χ3v) is 4.48. The molecule has 1 fully saturated rings. The van der Waals surface area contributed by atoms with Gasteiger partial charge in [-0.2, -0.15) is 5.26 Å². The van der Waals surface area contributed by atoms with Crippen LogP contribution in [0.5, 0.6) is 11.5 Å². The minimum absolute atomic E-state index is 0.0930. The molecule has 1 heterocycles. The molecule has 0 aliphatic carbocycles. The van der Waals surface area contributed by atoms with Crippen molar-refractivity contribution < 1.29 is 19.1 Å². The molecule has 27 heavy (non-hydrogen) atoms. The minimum Gasteiger partial charge on any atom is -0.497 e. The third-order valence-electron chi connectivity index (χ3n) is 4.48. The van der Waals surface area contributed by atoms with Crippen molar-refractivity contribution in [3.63, 3.8) is 0 Å². The summed E-state index contributed by atoms with van der Waals surface area (Å²) in [4.78, 5) is 26.6. The Morgan fingerprint density at radius 3 is 2.70 bits per heavy atom. The van der Waals surface area contributed by atoms with E-state index in [4.69, 9.17) is 14.7 Å². The van der Waals surface area contributed by atoms with E-state index >= 15 is 0 Å². The maximum atomic E-state index is 12.6. The van der Waals surface area contributed by atoms with Crippen LogP contribution in [0.3, 0.4) is 0 Å². The average molecular weight is 365 g/mol. The van der Waals surface area contributed by atoms with Gasteiger partial charge < -0.3 is 19.7 Å². The van der Waals surface area contributed by atoms with Crippen molar-refractivity contribution in [2.24, 2.45) is 5.92 Å². The number of ether oxygens (including phenoxy) is 2. The molecule has 0 saturated carbocycles. The van der Waals surface area contributed by atoms with E-state index in [2.05, 4.69) is 5.32 Å². The molecule has 2 amide bonds. The maximum Gasteiger partial charge on any atom is 0.229 e. The first-order valence-corrected chi connectivity index (χ1v) is 8.39. The van der Waals surface area contributed by atoms with Crippen molar-refractivity contribution in [1.82, 2.24) is 0 Å². The van der Waals surface area contributed by atoms with Gasteiger partial charge >= 0.3 is 0 Å². The Bertz CT molecular complexity index is 920. The van der Waals surface area contributed by atoms with Crippen molar-refractivity contribution in [3.8, 4) is 17.6 Å². The Labute approximate surface area is 157 Å². The normalized spacial score (nSPS) is 16.0. The van der Waals surface area contributed by atoms with Crippen molar-refractivity contribution in [2.75, 3.05) is 31.0 Å². The minimum atomic E-state index is -0.518. The highest BCUT2D eigenvalue weighted by molar-refractivity contribution is 6.04. The van der Waals surface area contributed by atoms with Crippen LogP contribution in [0.4, 0.5) is 11.4 Å². The lowest BCUT2D eigenvalue weighted by Gasteiger charge is -2.20. The quantitative estimate of drug-likeness (QED) is 0.879. The number of anilines is 2. The average Bonchev–Trinajstić information content (AvgIpc) is 3.09. The third kappa shape index (κ3) is 3.70. The Hall–Kier alpha value is -3.53. The van der Waals surface area contributed by atoms with Gasteiger partial charge in [-0.05, 0) is 24.3 Å². The van der Waals surface area contributed by atoms with Crippen molar-refractivity contribution >= 4 is 23.2 Å². The smallest absolute Gasteiger partial charge is 0.229 e. The SMILES string of the molecule is COc1ccc(N2CC(C(=O)Nc3ccccc3C#N)CC2=O)c(OC)c1. The lowest BCUT2D eigenvalue weighted by molar-refractivity contribution is -0.122. The number of methoxy groups -OCH3 is 2. The molecule has 1 unspecified atom stereocenters. The molecular formula is C20H19N3O4. The molecule has 7 heteroatoms. The Kier molecular flexibility index (Phi) is 5.27. The molecule has 0 radical (unpaired) electrons.